The molecule has 0 aliphatic carbocycles. The van der Waals surface area contributed by atoms with E-state index in [-0.39, 0.29) is 0 Å². The Morgan fingerprint density at radius 3 is 2.79 bits per heavy atom. The smallest absolute Gasteiger partial charge is 0.0382 e. The maximum Gasteiger partial charge on any atom is 0.0382 e. The summed E-state index contributed by atoms with van der Waals surface area (Å²) in [5.41, 5.74) is 3.91. The molecule has 1 rings (SSSR count). The van der Waals surface area contributed by atoms with E-state index >= 15 is 0 Å². The Bertz CT molecular complexity index is 338. The number of hydrogen-bond acceptors (Lipinski definition) is 1. The van der Waals surface area contributed by atoms with Crippen molar-refractivity contribution in [3.05, 3.63) is 39.0 Å². The minimum Gasteiger partial charge on any atom is -0.381 e. The van der Waals surface area contributed by atoms with Gasteiger partial charge in [0.1, 0.15) is 0 Å². The molecule has 0 fully saturated rings. The van der Waals surface area contributed by atoms with Gasteiger partial charge < -0.3 is 5.32 Å². The number of halogens is 1. The van der Waals surface area contributed by atoms with Crippen molar-refractivity contribution in [1.29, 1.82) is 0 Å². The highest BCUT2D eigenvalue weighted by molar-refractivity contribution is 14.1. The Labute approximate surface area is 99.7 Å². The average Bonchev–Trinajstić information content (AvgIpc) is 2.12. The minimum atomic E-state index is 0.906. The Balaban J connectivity index is 2.68. The summed E-state index contributed by atoms with van der Waals surface area (Å²) in [6, 6.07) is 6.33. The van der Waals surface area contributed by atoms with Gasteiger partial charge in [0.05, 0.1) is 0 Å². The van der Waals surface area contributed by atoms with E-state index in [2.05, 4.69) is 73.0 Å². The van der Waals surface area contributed by atoms with Crippen LogP contribution in [0.5, 0.6) is 0 Å². The van der Waals surface area contributed by atoms with E-state index in [4.69, 9.17) is 0 Å². The van der Waals surface area contributed by atoms with Crippen molar-refractivity contribution in [3.8, 4) is 0 Å². The summed E-state index contributed by atoms with van der Waals surface area (Å²) in [6.45, 7) is 7.28. The van der Waals surface area contributed by atoms with Gasteiger partial charge in [0.2, 0.25) is 0 Å². The highest BCUT2D eigenvalue weighted by atomic mass is 127. The van der Waals surface area contributed by atoms with Crippen molar-refractivity contribution in [1.82, 2.24) is 0 Å². The van der Waals surface area contributed by atoms with Crippen LogP contribution in [0.1, 0.15) is 19.4 Å². The summed E-state index contributed by atoms with van der Waals surface area (Å²) in [4.78, 5) is 0. The summed E-state index contributed by atoms with van der Waals surface area (Å²) in [5, 5.41) is 3.40. The second-order valence-electron chi connectivity index (χ2n) is 3.57. The van der Waals surface area contributed by atoms with Gasteiger partial charge >= 0.3 is 0 Å². The molecule has 0 bridgehead atoms. The molecule has 1 nitrogen and oxygen atoms in total. The molecule has 2 heteroatoms. The zero-order valence-electron chi connectivity index (χ0n) is 8.89. The third kappa shape index (κ3) is 3.33. The lowest BCUT2D eigenvalue weighted by Crippen LogP contribution is -2.01. The zero-order valence-corrected chi connectivity index (χ0v) is 11.1. The number of nitrogens with one attached hydrogen (secondary N) is 1. The van der Waals surface area contributed by atoms with Crippen LogP contribution in [0.15, 0.2) is 29.8 Å². The number of hydrogen-bond donors (Lipinski definition) is 1. The maximum absolute atomic E-state index is 3.40. The lowest BCUT2D eigenvalue weighted by molar-refractivity contribution is 1.24. The first kappa shape index (κ1) is 11.6. The zero-order chi connectivity index (χ0) is 10.6. The number of anilines is 1. The van der Waals surface area contributed by atoms with Gasteiger partial charge in [0.25, 0.3) is 0 Å². The van der Waals surface area contributed by atoms with Crippen LogP contribution < -0.4 is 5.32 Å². The van der Waals surface area contributed by atoms with Crippen LogP contribution in [0.2, 0.25) is 0 Å². The van der Waals surface area contributed by atoms with Crippen LogP contribution in [-0.2, 0) is 0 Å². The molecule has 0 unspecified atom stereocenters. The molecular weight excluding hydrogens is 285 g/mol. The molecular formula is C12H16IN. The molecule has 0 saturated carbocycles. The minimum absolute atomic E-state index is 0.906. The lowest BCUT2D eigenvalue weighted by atomic mass is 10.2. The van der Waals surface area contributed by atoms with Gasteiger partial charge in [-0.05, 0) is 61.1 Å². The van der Waals surface area contributed by atoms with E-state index in [9.17, 15) is 0 Å². The molecule has 14 heavy (non-hydrogen) atoms. The van der Waals surface area contributed by atoms with Gasteiger partial charge in [0.15, 0.2) is 0 Å². The molecule has 1 N–H and O–H groups in total. The van der Waals surface area contributed by atoms with Gasteiger partial charge in [-0.1, -0.05) is 17.7 Å². The SMILES string of the molecule is CC(C)=CCNc1cccc(I)c1C. The number of allylic oxidation sites excluding steroid dienone is 1. The van der Waals surface area contributed by atoms with Gasteiger partial charge in [-0.25, -0.2) is 0 Å². The van der Waals surface area contributed by atoms with Gasteiger partial charge in [0, 0.05) is 15.8 Å². The van der Waals surface area contributed by atoms with Gasteiger partial charge in [-0.2, -0.15) is 0 Å². The van der Waals surface area contributed by atoms with Gasteiger partial charge in [-0.15, -0.1) is 0 Å². The molecule has 0 heterocycles. The highest BCUT2D eigenvalue weighted by Gasteiger charge is 1.98. The highest BCUT2D eigenvalue weighted by Crippen LogP contribution is 2.19. The Morgan fingerprint density at radius 2 is 2.14 bits per heavy atom. The standard InChI is InChI=1S/C12H16IN/c1-9(2)7-8-14-12-6-4-5-11(13)10(12)3/h4-7,14H,8H2,1-3H3. The largest absolute Gasteiger partial charge is 0.381 e. The van der Waals surface area contributed by atoms with E-state index in [1.807, 2.05) is 0 Å². The first-order valence-corrected chi connectivity index (χ1v) is 5.81. The molecule has 1 aromatic carbocycles. The third-order valence-electron chi connectivity index (χ3n) is 2.07. The fourth-order valence-electron chi connectivity index (χ4n) is 1.16. The van der Waals surface area contributed by atoms with E-state index in [1.54, 1.807) is 0 Å². The Hall–Kier alpha value is -0.510. The second kappa shape index (κ2) is 5.39. The van der Waals surface area contributed by atoms with E-state index in [1.165, 1.54) is 20.4 Å². The third-order valence-corrected chi connectivity index (χ3v) is 3.24. The molecule has 0 amide bonds. The molecule has 0 saturated heterocycles. The summed E-state index contributed by atoms with van der Waals surface area (Å²) in [6.07, 6.45) is 2.19. The normalized spacial score (nSPS) is 9.71. The summed E-state index contributed by atoms with van der Waals surface area (Å²) < 4.78 is 1.31. The summed E-state index contributed by atoms with van der Waals surface area (Å²) in [5.74, 6) is 0. The van der Waals surface area contributed by atoms with Crippen LogP contribution in [0.25, 0.3) is 0 Å². The van der Waals surface area contributed by atoms with Crippen LogP contribution in [0.4, 0.5) is 5.69 Å². The maximum atomic E-state index is 3.40. The van der Waals surface area contributed by atoms with Crippen molar-refractivity contribution in [2.45, 2.75) is 20.8 Å². The van der Waals surface area contributed by atoms with E-state index in [0.717, 1.165) is 6.54 Å². The average molecular weight is 301 g/mol. The van der Waals surface area contributed by atoms with E-state index in [0.29, 0.717) is 0 Å². The van der Waals surface area contributed by atoms with Gasteiger partial charge in [-0.3, -0.25) is 0 Å². The summed E-state index contributed by atoms with van der Waals surface area (Å²) in [7, 11) is 0. The number of rotatable bonds is 3. The second-order valence-corrected chi connectivity index (χ2v) is 4.74. The monoisotopic (exact) mass is 301 g/mol. The fourth-order valence-corrected chi connectivity index (χ4v) is 1.66. The molecule has 0 atom stereocenters. The number of benzene rings is 1. The van der Waals surface area contributed by atoms with Crippen LogP contribution >= 0.6 is 22.6 Å². The summed E-state index contributed by atoms with van der Waals surface area (Å²) >= 11 is 2.36. The first-order valence-electron chi connectivity index (χ1n) is 4.73. The lowest BCUT2D eigenvalue weighted by Gasteiger charge is -2.08. The van der Waals surface area contributed by atoms with Crippen molar-refractivity contribution in [2.24, 2.45) is 0 Å². The van der Waals surface area contributed by atoms with E-state index < -0.39 is 0 Å². The molecule has 1 aromatic rings. The van der Waals surface area contributed by atoms with Crippen LogP contribution in [0.3, 0.4) is 0 Å². The van der Waals surface area contributed by atoms with Crippen molar-refractivity contribution >= 4 is 28.3 Å². The molecule has 0 radical (unpaired) electrons. The van der Waals surface area contributed by atoms with Crippen molar-refractivity contribution < 1.29 is 0 Å². The topological polar surface area (TPSA) is 12.0 Å². The fraction of sp³-hybridized carbons (Fsp3) is 0.333. The first-order chi connectivity index (χ1) is 6.61. The molecule has 0 aliphatic rings. The van der Waals surface area contributed by atoms with Crippen LogP contribution in [-0.4, -0.2) is 6.54 Å². The quantitative estimate of drug-likeness (QED) is 0.658. The van der Waals surface area contributed by atoms with Crippen molar-refractivity contribution in [3.63, 3.8) is 0 Å². The van der Waals surface area contributed by atoms with Crippen molar-refractivity contribution in [2.75, 3.05) is 11.9 Å². The Morgan fingerprint density at radius 1 is 1.43 bits per heavy atom. The molecule has 0 aromatic heterocycles. The Kier molecular flexibility index (Phi) is 4.45. The molecule has 76 valence electrons. The van der Waals surface area contributed by atoms with Crippen LogP contribution in [0, 0.1) is 10.5 Å². The predicted molar refractivity (Wildman–Crippen MR) is 71.8 cm³/mol. The molecule has 0 aliphatic heterocycles. The predicted octanol–water partition coefficient (Wildman–Crippen LogP) is 3.98. The molecule has 0 spiro atoms.